The first-order chi connectivity index (χ1) is 16.0. The fourth-order valence-corrected chi connectivity index (χ4v) is 7.60. The van der Waals surface area contributed by atoms with Crippen molar-refractivity contribution in [1.29, 1.82) is 0 Å². The molecule has 0 aromatic heterocycles. The highest BCUT2D eigenvalue weighted by Crippen LogP contribution is 2.43. The lowest BCUT2D eigenvalue weighted by Crippen LogP contribution is -2.65. The topological polar surface area (TPSA) is 44.5 Å². The van der Waals surface area contributed by atoms with Crippen molar-refractivity contribution >= 4 is 20.7 Å². The molecular weight excluding hydrogens is 432 g/mol. The van der Waals surface area contributed by atoms with Gasteiger partial charge in [-0.3, -0.25) is 5.84 Å². The molecule has 1 aliphatic rings. The van der Waals surface area contributed by atoms with Crippen molar-refractivity contribution in [3.05, 3.63) is 82.7 Å². The van der Waals surface area contributed by atoms with Gasteiger partial charge >= 0.3 is 9.28 Å². The highest BCUT2D eigenvalue weighted by atomic mass is 28.3. The zero-order chi connectivity index (χ0) is 25.3. The summed E-state index contributed by atoms with van der Waals surface area (Å²) in [5.41, 5.74) is 10.2. The van der Waals surface area contributed by atoms with Crippen LogP contribution in [0.4, 0.5) is 11.4 Å². The maximum atomic E-state index is 6.45. The van der Waals surface area contributed by atoms with E-state index in [0.29, 0.717) is 23.7 Å². The van der Waals surface area contributed by atoms with Gasteiger partial charge in [0.1, 0.15) is 0 Å². The highest BCUT2D eigenvalue weighted by Gasteiger charge is 2.38. The number of rotatable bonds is 7. The van der Waals surface area contributed by atoms with Crippen LogP contribution in [0.15, 0.2) is 60.4 Å². The van der Waals surface area contributed by atoms with Crippen molar-refractivity contribution in [3.8, 4) is 0 Å². The predicted molar refractivity (Wildman–Crippen MR) is 152 cm³/mol. The number of nitrogens with zero attached hydrogens (tertiary/aromatic N) is 2. The van der Waals surface area contributed by atoms with E-state index in [0.717, 1.165) is 5.70 Å². The molecule has 1 aliphatic heterocycles. The van der Waals surface area contributed by atoms with Gasteiger partial charge in [-0.05, 0) is 58.9 Å². The van der Waals surface area contributed by atoms with Crippen LogP contribution in [0.3, 0.4) is 0 Å². The second kappa shape index (κ2) is 10.5. The summed E-state index contributed by atoms with van der Waals surface area (Å²) >= 11 is 0. The Kier molecular flexibility index (Phi) is 8.12. The van der Waals surface area contributed by atoms with Crippen molar-refractivity contribution in [1.82, 2.24) is 5.09 Å². The quantitative estimate of drug-likeness (QED) is 0.254. The van der Waals surface area contributed by atoms with Crippen LogP contribution < -0.4 is 20.1 Å². The van der Waals surface area contributed by atoms with Gasteiger partial charge in [-0.2, -0.15) is 0 Å². The summed E-state index contributed by atoms with van der Waals surface area (Å²) in [6.07, 6.45) is 2.23. The first-order valence-electron chi connectivity index (χ1n) is 12.7. The minimum atomic E-state index is -2.15. The first kappa shape index (κ1) is 26.3. The molecule has 0 spiro atoms. The lowest BCUT2D eigenvalue weighted by atomic mass is 9.92. The smallest absolute Gasteiger partial charge is 0.343 e. The van der Waals surface area contributed by atoms with E-state index in [-0.39, 0.29) is 0 Å². The van der Waals surface area contributed by atoms with E-state index in [1.165, 1.54) is 39.3 Å². The number of hydrogen-bond donors (Lipinski definition) is 2. The molecule has 2 aromatic rings. The van der Waals surface area contributed by atoms with Crippen LogP contribution >= 0.6 is 0 Å². The summed E-state index contributed by atoms with van der Waals surface area (Å²) in [4.78, 5) is 0. The Bertz CT molecular complexity index is 1020. The van der Waals surface area contributed by atoms with Gasteiger partial charge in [0.25, 0.3) is 0 Å². The maximum absolute atomic E-state index is 6.45. The zero-order valence-corrected chi connectivity index (χ0v) is 23.8. The number of anilines is 2. The van der Waals surface area contributed by atoms with Crippen LogP contribution in [-0.2, 0) is 0 Å². The lowest BCUT2D eigenvalue weighted by molar-refractivity contribution is 0.817. The van der Waals surface area contributed by atoms with E-state index in [1.807, 2.05) is 0 Å². The third-order valence-corrected chi connectivity index (χ3v) is 9.40. The second-order valence-corrected chi connectivity index (χ2v) is 12.9. The molecule has 0 fully saturated rings. The molecular formula is C29H44N4Si. The van der Waals surface area contributed by atoms with Crippen LogP contribution in [0.1, 0.15) is 108 Å². The lowest BCUT2D eigenvalue weighted by Gasteiger charge is -2.47. The van der Waals surface area contributed by atoms with E-state index in [9.17, 15) is 0 Å². The molecule has 1 heterocycles. The molecule has 0 saturated heterocycles. The molecule has 2 aromatic carbocycles. The van der Waals surface area contributed by atoms with Gasteiger partial charge in [0.15, 0.2) is 0 Å². The fourth-order valence-electron chi connectivity index (χ4n) is 5.14. The van der Waals surface area contributed by atoms with Gasteiger partial charge in [-0.15, -0.1) is 0 Å². The number of allylic oxidation sites excluding steroid dienone is 2. The van der Waals surface area contributed by atoms with Crippen LogP contribution in [0, 0.1) is 0 Å². The maximum Gasteiger partial charge on any atom is 0.352 e. The largest absolute Gasteiger partial charge is 0.352 e. The van der Waals surface area contributed by atoms with E-state index >= 15 is 0 Å². The van der Waals surface area contributed by atoms with Gasteiger partial charge in [0.05, 0.1) is 0 Å². The predicted octanol–water partition coefficient (Wildman–Crippen LogP) is 7.10. The standard InChI is InChI=1S/C29H44N4Si/c1-18(2)24-13-11-14-25(19(3)4)28(24)32-22(9)17-23(10)33(34(32)31-30)29-26(20(5)6)15-12-16-27(29)21(7)8/h11-21,31,34H,9,30H2,1-8,10H3. The number of para-hydroxylation sites is 2. The number of hydrogen-bond acceptors (Lipinski definition) is 4. The third-order valence-electron chi connectivity index (χ3n) is 6.87. The van der Waals surface area contributed by atoms with Gasteiger partial charge in [0, 0.05) is 22.8 Å². The number of hydrazine groups is 1. The van der Waals surface area contributed by atoms with Crippen molar-refractivity contribution in [3.63, 3.8) is 0 Å². The summed E-state index contributed by atoms with van der Waals surface area (Å²) in [5.74, 6) is 8.04. The highest BCUT2D eigenvalue weighted by molar-refractivity contribution is 6.67. The summed E-state index contributed by atoms with van der Waals surface area (Å²) in [5, 5.41) is 3.32. The Morgan fingerprint density at radius 2 is 1.06 bits per heavy atom. The van der Waals surface area contributed by atoms with Crippen molar-refractivity contribution in [2.75, 3.05) is 9.13 Å². The molecule has 0 radical (unpaired) electrons. The first-order valence-corrected chi connectivity index (χ1v) is 14.3. The Morgan fingerprint density at radius 1 is 0.706 bits per heavy atom. The molecule has 0 aliphatic carbocycles. The van der Waals surface area contributed by atoms with E-state index < -0.39 is 9.28 Å². The molecule has 34 heavy (non-hydrogen) atoms. The summed E-state index contributed by atoms with van der Waals surface area (Å²) in [7, 11) is -2.15. The third kappa shape index (κ3) is 4.74. The van der Waals surface area contributed by atoms with Gasteiger partial charge in [-0.1, -0.05) is 98.4 Å². The van der Waals surface area contributed by atoms with E-state index in [4.69, 9.17) is 5.84 Å². The van der Waals surface area contributed by atoms with Crippen LogP contribution in [0.5, 0.6) is 0 Å². The van der Waals surface area contributed by atoms with Gasteiger partial charge in [0.2, 0.25) is 0 Å². The summed E-state index contributed by atoms with van der Waals surface area (Å²) < 4.78 is 4.96. The zero-order valence-electron chi connectivity index (χ0n) is 22.6. The molecule has 5 heteroatoms. The van der Waals surface area contributed by atoms with E-state index in [2.05, 4.69) is 126 Å². The summed E-state index contributed by atoms with van der Waals surface area (Å²) in [6, 6.07) is 13.5. The van der Waals surface area contributed by atoms with E-state index in [1.54, 1.807) is 0 Å². The SMILES string of the molecule is C=C1C=C(C)N(c2c(C(C)C)cccc2C(C)C)[SiH](NN)N1c1c(C(C)C)cccc1C(C)C. The molecule has 3 rings (SSSR count). The van der Waals surface area contributed by atoms with Crippen molar-refractivity contribution in [2.24, 2.45) is 5.84 Å². The van der Waals surface area contributed by atoms with Crippen molar-refractivity contribution in [2.45, 2.75) is 86.0 Å². The Hall–Kier alpha value is -2.34. The van der Waals surface area contributed by atoms with Crippen LogP contribution in [0.2, 0.25) is 0 Å². The Labute approximate surface area is 209 Å². The van der Waals surface area contributed by atoms with Gasteiger partial charge < -0.3 is 9.13 Å². The van der Waals surface area contributed by atoms with Gasteiger partial charge in [-0.25, -0.2) is 5.09 Å². The normalized spacial score (nSPS) is 16.9. The minimum Gasteiger partial charge on any atom is -0.343 e. The molecule has 3 N–H and O–H groups in total. The molecule has 0 amide bonds. The number of nitrogens with one attached hydrogen (secondary N) is 1. The van der Waals surface area contributed by atoms with Crippen LogP contribution in [-0.4, -0.2) is 9.28 Å². The average Bonchev–Trinajstić information content (AvgIpc) is 2.77. The number of benzene rings is 2. The minimum absolute atomic E-state index is 0.392. The fraction of sp³-hybridized carbons (Fsp3) is 0.448. The van der Waals surface area contributed by atoms with Crippen LogP contribution in [0.25, 0.3) is 0 Å². The molecule has 4 nitrogen and oxygen atoms in total. The second-order valence-electron chi connectivity index (χ2n) is 10.7. The molecule has 1 unspecified atom stereocenters. The Morgan fingerprint density at radius 3 is 1.38 bits per heavy atom. The number of nitrogens with two attached hydrogens (primary N) is 1. The summed E-state index contributed by atoms with van der Waals surface area (Å²) in [6.45, 7) is 24.9. The molecule has 184 valence electrons. The molecule has 0 bridgehead atoms. The molecule has 0 saturated carbocycles. The average molecular weight is 477 g/mol. The Balaban J connectivity index is 2.34. The monoisotopic (exact) mass is 476 g/mol. The van der Waals surface area contributed by atoms with Crippen molar-refractivity contribution < 1.29 is 0 Å². The molecule has 1 atom stereocenters.